The Hall–Kier alpha value is -2.55. The van der Waals surface area contributed by atoms with Gasteiger partial charge in [0.2, 0.25) is 0 Å². The number of aromatic amines is 1. The molecule has 158 valence electrons. The predicted molar refractivity (Wildman–Crippen MR) is 104 cm³/mol. The number of nitrogens with one attached hydrogen (secondary N) is 1. The number of carbonyl (C=O) groups is 1. The number of anilines is 1. The van der Waals surface area contributed by atoms with Gasteiger partial charge in [0.1, 0.15) is 17.3 Å². The lowest BCUT2D eigenvalue weighted by Crippen LogP contribution is -2.39. The molecule has 2 aromatic heterocycles. The molecule has 0 atom stereocenters. The van der Waals surface area contributed by atoms with Crippen LogP contribution in [-0.2, 0) is 15.5 Å². The molecule has 2 aromatic rings. The summed E-state index contributed by atoms with van der Waals surface area (Å²) in [5, 5.41) is 9.17. The van der Waals surface area contributed by atoms with Crippen LogP contribution in [-0.4, -0.2) is 51.8 Å². The van der Waals surface area contributed by atoms with Crippen molar-refractivity contribution in [2.24, 2.45) is 5.41 Å². The van der Waals surface area contributed by atoms with Crippen molar-refractivity contribution in [2.45, 2.75) is 45.6 Å². The second kappa shape index (κ2) is 8.06. The highest BCUT2D eigenvalue weighted by atomic mass is 19.3. The van der Waals surface area contributed by atoms with Crippen LogP contribution < -0.4 is 4.90 Å². The van der Waals surface area contributed by atoms with Crippen molar-refractivity contribution in [3.63, 3.8) is 0 Å². The topological polar surface area (TPSA) is 91.3 Å². The molecule has 1 fully saturated rings. The summed E-state index contributed by atoms with van der Waals surface area (Å²) in [7, 11) is 0. The van der Waals surface area contributed by atoms with Crippen LogP contribution >= 0.6 is 0 Å². The minimum Gasteiger partial charge on any atom is -0.481 e. The molecule has 1 aliphatic rings. The third kappa shape index (κ3) is 5.09. The molecule has 0 unspecified atom stereocenters. The van der Waals surface area contributed by atoms with E-state index in [9.17, 15) is 13.6 Å². The summed E-state index contributed by atoms with van der Waals surface area (Å²) >= 11 is 0. The zero-order chi connectivity index (χ0) is 21.2. The molecular formula is C20H26F2N4O3. The number of imidazole rings is 1. The first-order chi connectivity index (χ1) is 13.6. The summed E-state index contributed by atoms with van der Waals surface area (Å²) in [6.07, 6.45) is 4.42. The number of H-pyrrole nitrogens is 1. The molecule has 0 amide bonds. The summed E-state index contributed by atoms with van der Waals surface area (Å²) in [5.41, 5.74) is -0.565. The number of piperidine rings is 1. The molecule has 1 aliphatic heterocycles. The van der Waals surface area contributed by atoms with Crippen LogP contribution in [0, 0.1) is 5.41 Å². The SMILES string of the molecule is CC(C)(COC1CCN(c2ccc(-c3nc(C(C)(F)F)c[nH]3)cn2)CC1)C(=O)O. The molecule has 7 nitrogen and oxygen atoms in total. The molecule has 0 aliphatic carbocycles. The molecule has 3 rings (SSSR count). The second-order valence-electron chi connectivity index (χ2n) is 8.11. The Morgan fingerprint density at radius 2 is 2.00 bits per heavy atom. The number of aromatic nitrogens is 3. The minimum absolute atomic E-state index is 0.0291. The number of aliphatic carboxylic acids is 1. The van der Waals surface area contributed by atoms with Crippen molar-refractivity contribution in [1.82, 2.24) is 15.0 Å². The van der Waals surface area contributed by atoms with Gasteiger partial charge in [-0.05, 0) is 38.8 Å². The van der Waals surface area contributed by atoms with Gasteiger partial charge in [-0.1, -0.05) is 0 Å². The fourth-order valence-corrected chi connectivity index (χ4v) is 3.05. The third-order valence-corrected chi connectivity index (χ3v) is 5.07. The molecule has 0 spiro atoms. The molecule has 29 heavy (non-hydrogen) atoms. The van der Waals surface area contributed by atoms with Gasteiger partial charge in [-0.25, -0.2) is 9.97 Å². The Morgan fingerprint density at radius 3 is 2.52 bits per heavy atom. The van der Waals surface area contributed by atoms with Gasteiger partial charge in [-0.3, -0.25) is 4.79 Å². The van der Waals surface area contributed by atoms with E-state index in [0.29, 0.717) is 11.4 Å². The maximum Gasteiger partial charge on any atom is 0.311 e. The maximum absolute atomic E-state index is 13.3. The summed E-state index contributed by atoms with van der Waals surface area (Å²) in [6, 6.07) is 3.65. The van der Waals surface area contributed by atoms with E-state index >= 15 is 0 Å². The van der Waals surface area contributed by atoms with E-state index in [0.717, 1.165) is 38.7 Å². The molecule has 0 saturated carbocycles. The van der Waals surface area contributed by atoms with Crippen LogP contribution in [0.5, 0.6) is 0 Å². The zero-order valence-electron chi connectivity index (χ0n) is 16.8. The van der Waals surface area contributed by atoms with Crippen molar-refractivity contribution in [2.75, 3.05) is 24.6 Å². The van der Waals surface area contributed by atoms with Crippen molar-refractivity contribution < 1.29 is 23.4 Å². The standard InChI is InChI=1S/C20H26F2N4O3/c1-19(2,18(27)28)12-29-14-6-8-26(9-7-14)16-5-4-13(10-23-16)17-24-11-15(25-17)20(3,21)22/h4-5,10-11,14H,6-9,12H2,1-3H3,(H,24,25)(H,27,28). The van der Waals surface area contributed by atoms with Gasteiger partial charge in [-0.15, -0.1) is 0 Å². The Morgan fingerprint density at radius 1 is 1.31 bits per heavy atom. The fraction of sp³-hybridized carbons (Fsp3) is 0.550. The van der Waals surface area contributed by atoms with E-state index in [1.165, 1.54) is 6.20 Å². The van der Waals surface area contributed by atoms with Crippen molar-refractivity contribution in [1.29, 1.82) is 0 Å². The van der Waals surface area contributed by atoms with E-state index in [1.807, 2.05) is 6.07 Å². The fourth-order valence-electron chi connectivity index (χ4n) is 3.05. The number of pyridine rings is 1. The van der Waals surface area contributed by atoms with Gasteiger partial charge in [0, 0.05) is 38.0 Å². The van der Waals surface area contributed by atoms with E-state index in [1.54, 1.807) is 26.1 Å². The van der Waals surface area contributed by atoms with Crippen LogP contribution in [0.3, 0.4) is 0 Å². The molecule has 0 bridgehead atoms. The number of rotatable bonds is 7. The Labute approximate surface area is 168 Å². The number of alkyl halides is 2. The van der Waals surface area contributed by atoms with Crippen molar-refractivity contribution in [3.8, 4) is 11.4 Å². The molecular weight excluding hydrogens is 382 g/mol. The first-order valence-electron chi connectivity index (χ1n) is 9.56. The number of ether oxygens (including phenoxy) is 1. The number of hydrogen-bond donors (Lipinski definition) is 2. The highest BCUT2D eigenvalue weighted by Gasteiger charge is 2.30. The number of carboxylic acids is 1. The quantitative estimate of drug-likeness (QED) is 0.726. The number of nitrogens with zero attached hydrogens (tertiary/aromatic N) is 3. The first-order valence-corrected chi connectivity index (χ1v) is 9.56. The van der Waals surface area contributed by atoms with E-state index in [2.05, 4.69) is 19.9 Å². The van der Waals surface area contributed by atoms with E-state index in [4.69, 9.17) is 9.84 Å². The number of carboxylic acid groups (broad SMARTS) is 1. The first kappa shape index (κ1) is 21.2. The van der Waals surface area contributed by atoms with Gasteiger partial charge in [0.25, 0.3) is 5.92 Å². The number of hydrogen-bond acceptors (Lipinski definition) is 5. The van der Waals surface area contributed by atoms with Gasteiger partial charge >= 0.3 is 5.97 Å². The average Bonchev–Trinajstić information content (AvgIpc) is 3.18. The monoisotopic (exact) mass is 408 g/mol. The van der Waals surface area contributed by atoms with E-state index in [-0.39, 0.29) is 18.4 Å². The van der Waals surface area contributed by atoms with Crippen LogP contribution in [0.4, 0.5) is 14.6 Å². The Kier molecular flexibility index (Phi) is 5.88. The predicted octanol–water partition coefficient (Wildman–Crippen LogP) is 3.68. The molecule has 1 saturated heterocycles. The summed E-state index contributed by atoms with van der Waals surface area (Å²) in [5.74, 6) is -2.71. The van der Waals surface area contributed by atoms with Crippen LogP contribution in [0.25, 0.3) is 11.4 Å². The largest absolute Gasteiger partial charge is 0.481 e. The normalized spacial score (nSPS) is 16.2. The van der Waals surface area contributed by atoms with Gasteiger partial charge in [0.05, 0.1) is 18.1 Å². The van der Waals surface area contributed by atoms with E-state index < -0.39 is 17.3 Å². The van der Waals surface area contributed by atoms with Gasteiger partial charge in [-0.2, -0.15) is 8.78 Å². The molecule has 9 heteroatoms. The average molecular weight is 408 g/mol. The Bertz CT molecular complexity index is 838. The lowest BCUT2D eigenvalue weighted by Gasteiger charge is -2.34. The van der Waals surface area contributed by atoms with Gasteiger partial charge in [0.15, 0.2) is 0 Å². The summed E-state index contributed by atoms with van der Waals surface area (Å²) < 4.78 is 32.5. The lowest BCUT2D eigenvalue weighted by atomic mass is 9.95. The molecule has 2 N–H and O–H groups in total. The Balaban J connectivity index is 1.55. The minimum atomic E-state index is -2.99. The maximum atomic E-state index is 13.3. The van der Waals surface area contributed by atoms with Gasteiger partial charge < -0.3 is 19.7 Å². The third-order valence-electron chi connectivity index (χ3n) is 5.07. The lowest BCUT2D eigenvalue weighted by molar-refractivity contribution is -0.152. The van der Waals surface area contributed by atoms with Crippen LogP contribution in [0.2, 0.25) is 0 Å². The highest BCUT2D eigenvalue weighted by Crippen LogP contribution is 2.28. The van der Waals surface area contributed by atoms with Crippen molar-refractivity contribution in [3.05, 3.63) is 30.2 Å². The zero-order valence-corrected chi connectivity index (χ0v) is 16.8. The van der Waals surface area contributed by atoms with Crippen LogP contribution in [0.1, 0.15) is 39.3 Å². The van der Waals surface area contributed by atoms with Crippen molar-refractivity contribution >= 4 is 11.8 Å². The molecule has 0 radical (unpaired) electrons. The summed E-state index contributed by atoms with van der Waals surface area (Å²) in [4.78, 5) is 24.4. The van der Waals surface area contributed by atoms with Crippen LogP contribution in [0.15, 0.2) is 24.5 Å². The molecule has 0 aromatic carbocycles. The highest BCUT2D eigenvalue weighted by molar-refractivity contribution is 5.73. The molecule has 3 heterocycles. The number of halogens is 2. The smallest absolute Gasteiger partial charge is 0.311 e. The second-order valence-corrected chi connectivity index (χ2v) is 8.11. The summed E-state index contributed by atoms with van der Waals surface area (Å²) in [6.45, 7) is 5.79.